The van der Waals surface area contributed by atoms with E-state index in [1.54, 1.807) is 9.47 Å². The molecule has 1 saturated heterocycles. The van der Waals surface area contributed by atoms with Crippen LogP contribution in [0.25, 0.3) is 10.9 Å². The van der Waals surface area contributed by atoms with Gasteiger partial charge in [-0.2, -0.15) is 13.2 Å². The molecule has 0 spiro atoms. The van der Waals surface area contributed by atoms with Gasteiger partial charge in [0, 0.05) is 31.2 Å². The molecule has 1 amide bonds. The van der Waals surface area contributed by atoms with Crippen molar-refractivity contribution in [2.24, 2.45) is 5.92 Å². The smallest absolute Gasteiger partial charge is 0.347 e. The number of hydrogen-bond acceptors (Lipinski definition) is 2. The number of piperidine rings is 1. The van der Waals surface area contributed by atoms with Gasteiger partial charge in [0.05, 0.1) is 11.1 Å². The van der Waals surface area contributed by atoms with Gasteiger partial charge < -0.3 is 9.47 Å². The van der Waals surface area contributed by atoms with Crippen molar-refractivity contribution >= 4 is 16.8 Å². The fourth-order valence-corrected chi connectivity index (χ4v) is 3.37. The van der Waals surface area contributed by atoms with Crippen molar-refractivity contribution in [2.75, 3.05) is 13.1 Å². The minimum atomic E-state index is -4.54. The summed E-state index contributed by atoms with van der Waals surface area (Å²) >= 11 is 0. The number of aromatic nitrogens is 1. The molecule has 0 radical (unpaired) electrons. The Bertz CT molecular complexity index is 894. The summed E-state index contributed by atoms with van der Waals surface area (Å²) in [6, 6.07) is 3.10. The molecule has 1 aliphatic heterocycles. The zero-order chi connectivity index (χ0) is 19.1. The van der Waals surface area contributed by atoms with Crippen LogP contribution in [0, 0.1) is 5.92 Å². The number of alkyl halides is 3. The Morgan fingerprint density at radius 2 is 1.88 bits per heavy atom. The van der Waals surface area contributed by atoms with E-state index >= 15 is 0 Å². The molecule has 2 heterocycles. The van der Waals surface area contributed by atoms with Crippen molar-refractivity contribution in [2.45, 2.75) is 39.4 Å². The van der Waals surface area contributed by atoms with Crippen molar-refractivity contribution in [3.8, 4) is 0 Å². The van der Waals surface area contributed by atoms with E-state index in [4.69, 9.17) is 0 Å². The third-order valence-electron chi connectivity index (χ3n) is 5.05. The maximum absolute atomic E-state index is 13.0. The first kappa shape index (κ1) is 18.5. The highest BCUT2D eigenvalue weighted by atomic mass is 19.4. The molecule has 4 nitrogen and oxygen atoms in total. The summed E-state index contributed by atoms with van der Waals surface area (Å²) in [4.78, 5) is 27.2. The van der Waals surface area contributed by atoms with Crippen LogP contribution in [0.4, 0.5) is 13.2 Å². The van der Waals surface area contributed by atoms with Gasteiger partial charge in [0.25, 0.3) is 5.91 Å². The molecule has 0 bridgehead atoms. The summed E-state index contributed by atoms with van der Waals surface area (Å²) in [6.07, 6.45) is -1.35. The van der Waals surface area contributed by atoms with E-state index in [0.717, 1.165) is 25.0 Å². The molecular weight excluding hydrogens is 345 g/mol. The number of carbonyl (C=O) groups is 1. The van der Waals surface area contributed by atoms with Crippen molar-refractivity contribution in [3.63, 3.8) is 0 Å². The third kappa shape index (κ3) is 3.34. The van der Waals surface area contributed by atoms with Gasteiger partial charge in [0.15, 0.2) is 0 Å². The van der Waals surface area contributed by atoms with Crippen LogP contribution >= 0.6 is 0 Å². The Kier molecular flexibility index (Phi) is 4.82. The number of amides is 1. The number of halogens is 3. The molecule has 26 heavy (non-hydrogen) atoms. The number of benzene rings is 1. The number of fused-ring (bicyclic) bond motifs is 1. The highest BCUT2D eigenvalue weighted by Crippen LogP contribution is 2.31. The Labute approximate surface area is 149 Å². The molecule has 3 rings (SSSR count). The fourth-order valence-electron chi connectivity index (χ4n) is 3.37. The van der Waals surface area contributed by atoms with Gasteiger partial charge in [0.2, 0.25) is 5.43 Å². The Morgan fingerprint density at radius 3 is 2.46 bits per heavy atom. The van der Waals surface area contributed by atoms with E-state index in [9.17, 15) is 22.8 Å². The second-order valence-corrected chi connectivity index (χ2v) is 6.86. The maximum Gasteiger partial charge on any atom is 0.416 e. The van der Waals surface area contributed by atoms with Crippen molar-refractivity contribution in [3.05, 3.63) is 45.7 Å². The lowest BCUT2D eigenvalue weighted by molar-refractivity contribution is -0.137. The van der Waals surface area contributed by atoms with E-state index in [2.05, 4.69) is 6.92 Å². The van der Waals surface area contributed by atoms with E-state index < -0.39 is 23.1 Å². The lowest BCUT2D eigenvalue weighted by atomic mass is 9.98. The highest BCUT2D eigenvalue weighted by molar-refractivity contribution is 5.97. The van der Waals surface area contributed by atoms with Gasteiger partial charge >= 0.3 is 6.18 Å². The monoisotopic (exact) mass is 366 g/mol. The molecular formula is C19H21F3N2O2. The molecule has 2 aromatic rings. The molecule has 1 aliphatic rings. The maximum atomic E-state index is 13.0. The number of hydrogen-bond donors (Lipinski definition) is 0. The third-order valence-corrected chi connectivity index (χ3v) is 5.05. The number of nitrogens with zero attached hydrogens (tertiary/aromatic N) is 2. The molecule has 1 fully saturated rings. The number of carbonyl (C=O) groups excluding carboxylic acids is 1. The highest BCUT2D eigenvalue weighted by Gasteiger charge is 2.31. The number of pyridine rings is 1. The van der Waals surface area contributed by atoms with Crippen LogP contribution in [0.3, 0.4) is 0 Å². The standard InChI is InChI=1S/C19H21F3N2O2/c1-3-23-11-15(18(26)24-8-6-12(2)7-9-24)17(25)14-10-13(19(20,21)22)4-5-16(14)23/h4-5,10-12H,3,6-9H2,1-2H3. The van der Waals surface area contributed by atoms with Gasteiger partial charge in [-0.25, -0.2) is 0 Å². The molecule has 140 valence electrons. The average molecular weight is 366 g/mol. The first-order valence-electron chi connectivity index (χ1n) is 8.76. The fraction of sp³-hybridized carbons (Fsp3) is 0.474. The lowest BCUT2D eigenvalue weighted by Gasteiger charge is -2.30. The zero-order valence-corrected chi connectivity index (χ0v) is 14.8. The van der Waals surface area contributed by atoms with Crippen LogP contribution < -0.4 is 5.43 Å². The summed E-state index contributed by atoms with van der Waals surface area (Å²) in [5.74, 6) is 0.126. The van der Waals surface area contributed by atoms with Gasteiger partial charge in [-0.3, -0.25) is 9.59 Å². The van der Waals surface area contributed by atoms with Crippen LogP contribution in [-0.4, -0.2) is 28.5 Å². The molecule has 0 atom stereocenters. The second kappa shape index (κ2) is 6.78. The SMILES string of the molecule is CCn1cc(C(=O)N2CCC(C)CC2)c(=O)c2cc(C(F)(F)F)ccc21. The molecule has 1 aromatic heterocycles. The summed E-state index contributed by atoms with van der Waals surface area (Å²) in [7, 11) is 0. The molecule has 7 heteroatoms. The van der Waals surface area contributed by atoms with E-state index in [1.807, 2.05) is 6.92 Å². The minimum absolute atomic E-state index is 0.0618. The first-order valence-corrected chi connectivity index (χ1v) is 8.76. The van der Waals surface area contributed by atoms with Crippen LogP contribution in [-0.2, 0) is 12.7 Å². The summed E-state index contributed by atoms with van der Waals surface area (Å²) < 4.78 is 40.7. The summed E-state index contributed by atoms with van der Waals surface area (Å²) in [5.41, 5.74) is -1.19. The molecule has 0 saturated carbocycles. The van der Waals surface area contributed by atoms with E-state index in [0.29, 0.717) is 31.1 Å². The van der Waals surface area contributed by atoms with Crippen molar-refractivity contribution in [1.29, 1.82) is 0 Å². The normalized spacial score (nSPS) is 16.3. The van der Waals surface area contributed by atoms with Crippen molar-refractivity contribution < 1.29 is 18.0 Å². The molecule has 0 unspecified atom stereocenters. The first-order chi connectivity index (χ1) is 12.2. The molecule has 1 aromatic carbocycles. The van der Waals surface area contributed by atoms with Crippen LogP contribution in [0.15, 0.2) is 29.2 Å². The number of rotatable bonds is 2. The van der Waals surface area contributed by atoms with Crippen LogP contribution in [0.1, 0.15) is 42.6 Å². The van der Waals surface area contributed by atoms with Gasteiger partial charge in [-0.15, -0.1) is 0 Å². The van der Waals surface area contributed by atoms with Crippen molar-refractivity contribution in [1.82, 2.24) is 9.47 Å². The minimum Gasteiger partial charge on any atom is -0.347 e. The number of likely N-dealkylation sites (tertiary alicyclic amines) is 1. The predicted molar refractivity (Wildman–Crippen MR) is 93.2 cm³/mol. The van der Waals surface area contributed by atoms with Crippen LogP contribution in [0.5, 0.6) is 0 Å². The average Bonchev–Trinajstić information content (AvgIpc) is 2.61. The second-order valence-electron chi connectivity index (χ2n) is 6.86. The predicted octanol–water partition coefficient (Wildman–Crippen LogP) is 3.91. The van der Waals surface area contributed by atoms with Gasteiger partial charge in [-0.1, -0.05) is 6.92 Å². The molecule has 0 aliphatic carbocycles. The lowest BCUT2D eigenvalue weighted by Crippen LogP contribution is -2.40. The quantitative estimate of drug-likeness (QED) is 0.809. The topological polar surface area (TPSA) is 42.3 Å². The van der Waals surface area contributed by atoms with Gasteiger partial charge in [-0.05, 0) is 43.9 Å². The summed E-state index contributed by atoms with van der Waals surface area (Å²) in [5, 5.41) is -0.0714. The Hall–Kier alpha value is -2.31. The zero-order valence-electron chi connectivity index (χ0n) is 14.8. The molecule has 0 N–H and O–H groups in total. The Balaban J connectivity index is 2.12. The van der Waals surface area contributed by atoms with Gasteiger partial charge in [0.1, 0.15) is 5.56 Å². The van der Waals surface area contributed by atoms with E-state index in [1.165, 1.54) is 12.3 Å². The van der Waals surface area contributed by atoms with Crippen LogP contribution in [0.2, 0.25) is 0 Å². The van der Waals surface area contributed by atoms with E-state index in [-0.39, 0.29) is 10.9 Å². The number of aryl methyl sites for hydroxylation is 1. The summed E-state index contributed by atoms with van der Waals surface area (Å²) in [6.45, 7) is 5.50. The Morgan fingerprint density at radius 1 is 1.23 bits per heavy atom. The largest absolute Gasteiger partial charge is 0.416 e.